The van der Waals surface area contributed by atoms with Crippen molar-refractivity contribution in [2.24, 2.45) is 5.73 Å². The molecule has 0 aliphatic rings. The average Bonchev–Trinajstić information content (AvgIpc) is 2.38. The quantitative estimate of drug-likeness (QED) is 0.789. The molecule has 0 spiro atoms. The van der Waals surface area contributed by atoms with Crippen molar-refractivity contribution in [1.82, 2.24) is 0 Å². The van der Waals surface area contributed by atoms with Crippen molar-refractivity contribution < 1.29 is 10.2 Å². The Balaban J connectivity index is 0.00000220. The predicted octanol–water partition coefficient (Wildman–Crippen LogP) is 3.72. The van der Waals surface area contributed by atoms with E-state index in [4.69, 9.17) is 28.9 Å². The number of nitrogens with two attached hydrogens (primary N) is 1. The lowest BCUT2D eigenvalue weighted by atomic mass is 9.96. The topological polar surface area (TPSA) is 66.5 Å². The van der Waals surface area contributed by atoms with Gasteiger partial charge in [0.15, 0.2) is 0 Å². The van der Waals surface area contributed by atoms with E-state index in [1.54, 1.807) is 0 Å². The molecule has 0 amide bonds. The van der Waals surface area contributed by atoms with E-state index in [0.29, 0.717) is 17.0 Å². The largest absolute Gasteiger partial charge is 0.507 e. The lowest BCUT2D eigenvalue weighted by molar-refractivity contribution is 0.144. The normalized spacial score (nSPS) is 13.3. The summed E-state index contributed by atoms with van der Waals surface area (Å²) in [5.41, 5.74) is 7.26. The second-order valence-corrected chi connectivity index (χ2v) is 5.45. The van der Waals surface area contributed by atoms with Gasteiger partial charge in [-0.05, 0) is 17.7 Å². The highest BCUT2D eigenvalue weighted by Gasteiger charge is 2.23. The number of hydrogen-bond donors (Lipinski definition) is 3. The fourth-order valence-electron chi connectivity index (χ4n) is 2.08. The van der Waals surface area contributed by atoms with Gasteiger partial charge in [-0.15, -0.1) is 12.4 Å². The number of hydrogen-bond acceptors (Lipinski definition) is 3. The van der Waals surface area contributed by atoms with Crippen LogP contribution in [-0.2, 0) is 6.42 Å². The SMILES string of the molecule is Cl.N[C@H](c1c(O)cc(Cl)cc1Cl)[C@@H](O)Cc1ccccc1. The van der Waals surface area contributed by atoms with Gasteiger partial charge in [-0.1, -0.05) is 53.5 Å². The smallest absolute Gasteiger partial charge is 0.123 e. The number of aliphatic hydroxyl groups excluding tert-OH is 1. The monoisotopic (exact) mass is 347 g/mol. The van der Waals surface area contributed by atoms with Crippen LogP contribution in [-0.4, -0.2) is 16.3 Å². The van der Waals surface area contributed by atoms with E-state index in [9.17, 15) is 10.2 Å². The molecule has 114 valence electrons. The summed E-state index contributed by atoms with van der Waals surface area (Å²) in [7, 11) is 0. The Morgan fingerprint density at radius 1 is 1.10 bits per heavy atom. The van der Waals surface area contributed by atoms with Crippen LogP contribution < -0.4 is 5.73 Å². The summed E-state index contributed by atoms with van der Waals surface area (Å²) in [6, 6.07) is 11.5. The van der Waals surface area contributed by atoms with Gasteiger partial charge in [0.2, 0.25) is 0 Å². The average molecular weight is 349 g/mol. The second kappa shape index (κ2) is 7.87. The molecule has 6 heteroatoms. The first-order valence-electron chi connectivity index (χ1n) is 6.14. The first-order chi connectivity index (χ1) is 9.49. The van der Waals surface area contributed by atoms with E-state index in [0.717, 1.165) is 5.56 Å². The summed E-state index contributed by atoms with van der Waals surface area (Å²) in [6.45, 7) is 0. The molecule has 0 saturated carbocycles. The van der Waals surface area contributed by atoms with Crippen LogP contribution >= 0.6 is 35.6 Å². The molecule has 0 aliphatic carbocycles. The van der Waals surface area contributed by atoms with Crippen LogP contribution in [0.25, 0.3) is 0 Å². The zero-order valence-corrected chi connectivity index (χ0v) is 13.4. The number of halogens is 3. The predicted molar refractivity (Wildman–Crippen MR) is 88.5 cm³/mol. The van der Waals surface area contributed by atoms with Crippen LogP contribution in [0.3, 0.4) is 0 Å². The standard InChI is InChI=1S/C15H15Cl2NO2.ClH/c16-10-7-11(17)14(12(19)8-10)15(18)13(20)6-9-4-2-1-3-5-9;/h1-5,7-8,13,15,19-20H,6,18H2;1H/t13-,15-;/m0./s1. The molecule has 2 aromatic carbocycles. The molecule has 0 radical (unpaired) electrons. The Labute approximate surface area is 139 Å². The third-order valence-corrected chi connectivity index (χ3v) is 3.64. The molecule has 0 bridgehead atoms. The van der Waals surface area contributed by atoms with Gasteiger partial charge in [-0.2, -0.15) is 0 Å². The second-order valence-electron chi connectivity index (χ2n) is 4.60. The van der Waals surface area contributed by atoms with Crippen LogP contribution in [0.2, 0.25) is 10.0 Å². The van der Waals surface area contributed by atoms with E-state index in [1.165, 1.54) is 12.1 Å². The van der Waals surface area contributed by atoms with Crippen molar-refractivity contribution in [1.29, 1.82) is 0 Å². The van der Waals surface area contributed by atoms with Gasteiger partial charge >= 0.3 is 0 Å². The molecule has 0 aromatic heterocycles. The van der Waals surface area contributed by atoms with E-state index < -0.39 is 12.1 Å². The van der Waals surface area contributed by atoms with E-state index in [1.807, 2.05) is 30.3 Å². The van der Waals surface area contributed by atoms with Gasteiger partial charge in [-0.25, -0.2) is 0 Å². The summed E-state index contributed by atoms with van der Waals surface area (Å²) in [5, 5.41) is 20.7. The number of rotatable bonds is 4. The maximum Gasteiger partial charge on any atom is 0.123 e. The number of phenolic OH excluding ortho intramolecular Hbond substituents is 1. The third kappa shape index (κ3) is 4.50. The van der Waals surface area contributed by atoms with E-state index >= 15 is 0 Å². The Morgan fingerprint density at radius 2 is 1.71 bits per heavy atom. The van der Waals surface area contributed by atoms with Gasteiger partial charge in [0.1, 0.15) is 5.75 Å². The summed E-state index contributed by atoms with van der Waals surface area (Å²) < 4.78 is 0. The summed E-state index contributed by atoms with van der Waals surface area (Å²) in [6.07, 6.45) is -0.484. The first kappa shape index (κ1) is 18.1. The molecule has 0 heterocycles. The number of aliphatic hydroxyl groups is 1. The number of benzene rings is 2. The molecule has 0 unspecified atom stereocenters. The van der Waals surface area contributed by atoms with Crippen molar-refractivity contribution in [3.63, 3.8) is 0 Å². The van der Waals surface area contributed by atoms with Crippen LogP contribution in [0.5, 0.6) is 5.75 Å². The van der Waals surface area contributed by atoms with Crippen molar-refractivity contribution in [2.45, 2.75) is 18.6 Å². The molecule has 2 aromatic rings. The molecule has 2 atom stereocenters. The molecule has 3 nitrogen and oxygen atoms in total. The van der Waals surface area contributed by atoms with Gasteiger partial charge in [0.05, 0.1) is 17.2 Å². The summed E-state index contributed by atoms with van der Waals surface area (Å²) in [5.74, 6) is -0.109. The Kier molecular flexibility index (Phi) is 6.78. The van der Waals surface area contributed by atoms with Gasteiger partial charge in [0.25, 0.3) is 0 Å². The fourth-order valence-corrected chi connectivity index (χ4v) is 2.68. The van der Waals surface area contributed by atoms with Gasteiger partial charge in [0, 0.05) is 17.0 Å². The summed E-state index contributed by atoms with van der Waals surface area (Å²) >= 11 is 11.8. The van der Waals surface area contributed by atoms with Crippen LogP contribution in [0.15, 0.2) is 42.5 Å². The molecule has 0 fully saturated rings. The van der Waals surface area contributed by atoms with Crippen LogP contribution in [0.4, 0.5) is 0 Å². The molecule has 4 N–H and O–H groups in total. The molecule has 0 aliphatic heterocycles. The van der Waals surface area contributed by atoms with Crippen molar-refractivity contribution in [3.8, 4) is 5.75 Å². The molecule has 0 saturated heterocycles. The zero-order chi connectivity index (χ0) is 14.7. The highest BCUT2D eigenvalue weighted by atomic mass is 35.5. The zero-order valence-electron chi connectivity index (χ0n) is 11.0. The lowest BCUT2D eigenvalue weighted by Crippen LogP contribution is -2.28. The first-order valence-corrected chi connectivity index (χ1v) is 6.90. The van der Waals surface area contributed by atoms with E-state index in [2.05, 4.69) is 0 Å². The maximum absolute atomic E-state index is 10.2. The molecule has 2 rings (SSSR count). The Morgan fingerprint density at radius 3 is 2.29 bits per heavy atom. The third-order valence-electron chi connectivity index (χ3n) is 3.11. The molecule has 21 heavy (non-hydrogen) atoms. The minimum Gasteiger partial charge on any atom is -0.507 e. The van der Waals surface area contributed by atoms with Gasteiger partial charge < -0.3 is 15.9 Å². The number of aromatic hydroxyl groups is 1. The maximum atomic E-state index is 10.2. The minimum absolute atomic E-state index is 0. The van der Waals surface area contributed by atoms with Crippen LogP contribution in [0, 0.1) is 0 Å². The van der Waals surface area contributed by atoms with Crippen molar-refractivity contribution in [3.05, 3.63) is 63.6 Å². The minimum atomic E-state index is -0.859. The van der Waals surface area contributed by atoms with Gasteiger partial charge in [-0.3, -0.25) is 0 Å². The van der Waals surface area contributed by atoms with E-state index in [-0.39, 0.29) is 23.2 Å². The highest BCUT2D eigenvalue weighted by molar-refractivity contribution is 6.35. The van der Waals surface area contributed by atoms with Crippen LogP contribution in [0.1, 0.15) is 17.2 Å². The fraction of sp³-hybridized carbons (Fsp3) is 0.200. The van der Waals surface area contributed by atoms with Crippen molar-refractivity contribution >= 4 is 35.6 Å². The highest BCUT2D eigenvalue weighted by Crippen LogP contribution is 2.35. The Bertz CT molecular complexity index is 570. The Hall–Kier alpha value is -0.970. The van der Waals surface area contributed by atoms with Crippen molar-refractivity contribution in [2.75, 3.05) is 0 Å². The lowest BCUT2D eigenvalue weighted by Gasteiger charge is -2.21. The molecular formula is C15H16Cl3NO2. The molecular weight excluding hydrogens is 333 g/mol. The summed E-state index contributed by atoms with van der Waals surface area (Å²) in [4.78, 5) is 0. The number of phenols is 1.